The zero-order valence-electron chi connectivity index (χ0n) is 11.0. The minimum absolute atomic E-state index is 0.0542. The molecule has 1 heterocycles. The average molecular weight is 261 g/mol. The lowest BCUT2D eigenvalue weighted by atomic mass is 9.94. The second-order valence-corrected chi connectivity index (χ2v) is 5.30. The largest absolute Gasteiger partial charge is 0.448 e. The maximum atomic E-state index is 11.8. The predicted octanol–water partition coefficient (Wildman–Crippen LogP) is 2.65. The third kappa shape index (κ3) is 2.32. The maximum absolute atomic E-state index is 11.8. The standard InChI is InChI=1S/C15H19NO3/c16-9-6-12(17)11-4-5-13-14(10-11)19-15(18-13)7-2-1-3-8-15/h4-5,10H,1-3,6-9,16H2. The first-order chi connectivity index (χ1) is 9.22. The third-order valence-electron chi connectivity index (χ3n) is 3.84. The number of hydrogen-bond acceptors (Lipinski definition) is 4. The van der Waals surface area contributed by atoms with Crippen LogP contribution in [0.5, 0.6) is 11.5 Å². The molecular formula is C15H19NO3. The number of Topliss-reactive ketones (excluding diaryl/α,β-unsaturated/α-hetero) is 1. The number of ether oxygens (including phenoxy) is 2. The number of ketones is 1. The smallest absolute Gasteiger partial charge is 0.251 e. The fourth-order valence-corrected chi connectivity index (χ4v) is 2.84. The molecule has 1 aromatic rings. The lowest BCUT2D eigenvalue weighted by molar-refractivity contribution is -0.105. The van der Waals surface area contributed by atoms with Gasteiger partial charge in [-0.3, -0.25) is 4.79 Å². The molecule has 4 nitrogen and oxygen atoms in total. The van der Waals surface area contributed by atoms with Gasteiger partial charge in [-0.2, -0.15) is 0 Å². The molecule has 1 fully saturated rings. The number of fused-ring (bicyclic) bond motifs is 1. The summed E-state index contributed by atoms with van der Waals surface area (Å²) in [6.45, 7) is 0.372. The normalized spacial score (nSPS) is 19.6. The summed E-state index contributed by atoms with van der Waals surface area (Å²) in [5.41, 5.74) is 6.07. The first-order valence-electron chi connectivity index (χ1n) is 6.98. The Morgan fingerprint density at radius 3 is 2.63 bits per heavy atom. The predicted molar refractivity (Wildman–Crippen MR) is 71.5 cm³/mol. The van der Waals surface area contributed by atoms with E-state index < -0.39 is 5.79 Å². The summed E-state index contributed by atoms with van der Waals surface area (Å²) in [6.07, 6.45) is 5.72. The van der Waals surface area contributed by atoms with Crippen LogP contribution in [0.4, 0.5) is 0 Å². The highest BCUT2D eigenvalue weighted by Crippen LogP contribution is 2.45. The van der Waals surface area contributed by atoms with Gasteiger partial charge < -0.3 is 15.2 Å². The van der Waals surface area contributed by atoms with E-state index in [9.17, 15) is 4.79 Å². The van der Waals surface area contributed by atoms with Gasteiger partial charge in [0.05, 0.1) is 0 Å². The van der Waals surface area contributed by atoms with E-state index in [4.69, 9.17) is 15.2 Å². The van der Waals surface area contributed by atoms with Crippen LogP contribution in [-0.4, -0.2) is 18.1 Å². The minimum atomic E-state index is -0.476. The number of hydrogen-bond donors (Lipinski definition) is 1. The Kier molecular flexibility index (Phi) is 3.19. The van der Waals surface area contributed by atoms with Crippen molar-refractivity contribution in [2.24, 2.45) is 5.73 Å². The van der Waals surface area contributed by atoms with Crippen LogP contribution >= 0.6 is 0 Å². The summed E-state index contributed by atoms with van der Waals surface area (Å²) < 4.78 is 12.0. The van der Waals surface area contributed by atoms with Crippen molar-refractivity contribution in [2.45, 2.75) is 44.3 Å². The monoisotopic (exact) mass is 261 g/mol. The number of nitrogens with two attached hydrogens (primary N) is 1. The Balaban J connectivity index is 1.81. The van der Waals surface area contributed by atoms with Crippen LogP contribution in [0.1, 0.15) is 48.9 Å². The average Bonchev–Trinajstić information content (AvgIpc) is 2.76. The molecule has 0 atom stereocenters. The second kappa shape index (κ2) is 4.85. The highest BCUT2D eigenvalue weighted by atomic mass is 16.7. The fraction of sp³-hybridized carbons (Fsp3) is 0.533. The van der Waals surface area contributed by atoms with Gasteiger partial charge in [0.2, 0.25) is 0 Å². The molecule has 0 aromatic heterocycles. The van der Waals surface area contributed by atoms with Crippen LogP contribution < -0.4 is 15.2 Å². The van der Waals surface area contributed by atoms with Crippen LogP contribution in [0.15, 0.2) is 18.2 Å². The Morgan fingerprint density at radius 1 is 1.16 bits per heavy atom. The van der Waals surface area contributed by atoms with E-state index in [0.717, 1.165) is 31.4 Å². The Bertz CT molecular complexity index is 492. The molecule has 19 heavy (non-hydrogen) atoms. The summed E-state index contributed by atoms with van der Waals surface area (Å²) >= 11 is 0. The van der Waals surface area contributed by atoms with Gasteiger partial charge in [-0.25, -0.2) is 0 Å². The van der Waals surface area contributed by atoms with E-state index in [2.05, 4.69) is 0 Å². The molecule has 0 bridgehead atoms. The Labute approximate surface area is 112 Å². The van der Waals surface area contributed by atoms with Crippen molar-refractivity contribution in [3.63, 3.8) is 0 Å². The van der Waals surface area contributed by atoms with E-state index in [-0.39, 0.29) is 5.78 Å². The molecule has 0 radical (unpaired) electrons. The molecule has 1 aliphatic heterocycles. The molecule has 1 spiro atoms. The number of rotatable bonds is 3. The van der Waals surface area contributed by atoms with Crippen LogP contribution in [0, 0.1) is 0 Å². The molecule has 0 amide bonds. The molecule has 2 aliphatic rings. The lowest BCUT2D eigenvalue weighted by Crippen LogP contribution is -2.40. The third-order valence-corrected chi connectivity index (χ3v) is 3.84. The van der Waals surface area contributed by atoms with E-state index >= 15 is 0 Å². The first-order valence-corrected chi connectivity index (χ1v) is 6.98. The van der Waals surface area contributed by atoms with Gasteiger partial charge >= 0.3 is 0 Å². The van der Waals surface area contributed by atoms with Crippen molar-refractivity contribution in [3.05, 3.63) is 23.8 Å². The SMILES string of the molecule is NCCC(=O)c1ccc2c(c1)OC1(CCCCC1)O2. The molecule has 1 aromatic carbocycles. The first kappa shape index (κ1) is 12.5. The molecule has 0 saturated heterocycles. The van der Waals surface area contributed by atoms with Crippen LogP contribution in [0.25, 0.3) is 0 Å². The summed E-state index contributed by atoms with van der Waals surface area (Å²) in [4.78, 5) is 11.8. The highest BCUT2D eigenvalue weighted by Gasteiger charge is 2.42. The zero-order valence-corrected chi connectivity index (χ0v) is 11.0. The quantitative estimate of drug-likeness (QED) is 0.850. The number of carbonyl (C=O) groups is 1. The fourth-order valence-electron chi connectivity index (χ4n) is 2.84. The minimum Gasteiger partial charge on any atom is -0.448 e. The van der Waals surface area contributed by atoms with Crippen molar-refractivity contribution in [2.75, 3.05) is 6.54 Å². The molecule has 1 saturated carbocycles. The van der Waals surface area contributed by atoms with Gasteiger partial charge in [-0.1, -0.05) is 6.42 Å². The van der Waals surface area contributed by atoms with Gasteiger partial charge in [-0.15, -0.1) is 0 Å². The molecule has 4 heteroatoms. The van der Waals surface area contributed by atoms with Crippen molar-refractivity contribution in [1.82, 2.24) is 0 Å². The summed E-state index contributed by atoms with van der Waals surface area (Å²) in [7, 11) is 0. The summed E-state index contributed by atoms with van der Waals surface area (Å²) in [5.74, 6) is 1.03. The van der Waals surface area contributed by atoms with Gasteiger partial charge in [0.25, 0.3) is 5.79 Å². The molecular weight excluding hydrogens is 242 g/mol. The van der Waals surface area contributed by atoms with E-state index in [1.807, 2.05) is 6.07 Å². The van der Waals surface area contributed by atoms with Crippen molar-refractivity contribution >= 4 is 5.78 Å². The number of carbonyl (C=O) groups excluding carboxylic acids is 1. The second-order valence-electron chi connectivity index (χ2n) is 5.30. The van der Waals surface area contributed by atoms with Crippen LogP contribution in [0.3, 0.4) is 0 Å². The van der Waals surface area contributed by atoms with E-state index in [0.29, 0.717) is 24.3 Å². The van der Waals surface area contributed by atoms with Crippen molar-refractivity contribution in [3.8, 4) is 11.5 Å². The van der Waals surface area contributed by atoms with Gasteiger partial charge in [0, 0.05) is 24.8 Å². The molecule has 1 aliphatic carbocycles. The maximum Gasteiger partial charge on any atom is 0.251 e. The molecule has 3 rings (SSSR count). The topological polar surface area (TPSA) is 61.6 Å². The van der Waals surface area contributed by atoms with Gasteiger partial charge in [-0.05, 0) is 37.6 Å². The van der Waals surface area contributed by atoms with Crippen molar-refractivity contribution in [1.29, 1.82) is 0 Å². The highest BCUT2D eigenvalue weighted by molar-refractivity contribution is 5.96. The van der Waals surface area contributed by atoms with E-state index in [1.54, 1.807) is 12.1 Å². The molecule has 102 valence electrons. The van der Waals surface area contributed by atoms with Crippen molar-refractivity contribution < 1.29 is 14.3 Å². The van der Waals surface area contributed by atoms with Crippen LogP contribution in [0.2, 0.25) is 0 Å². The molecule has 0 unspecified atom stereocenters. The zero-order chi connectivity index (χ0) is 13.3. The van der Waals surface area contributed by atoms with Crippen LogP contribution in [-0.2, 0) is 0 Å². The summed E-state index contributed by atoms with van der Waals surface area (Å²) in [5, 5.41) is 0. The molecule has 2 N–H and O–H groups in total. The van der Waals surface area contributed by atoms with E-state index in [1.165, 1.54) is 6.42 Å². The van der Waals surface area contributed by atoms with Gasteiger partial charge in [0.1, 0.15) is 0 Å². The lowest BCUT2D eigenvalue weighted by Gasteiger charge is -2.31. The summed E-state index contributed by atoms with van der Waals surface area (Å²) in [6, 6.07) is 5.42. The Morgan fingerprint density at radius 2 is 1.89 bits per heavy atom. The van der Waals surface area contributed by atoms with Gasteiger partial charge in [0.15, 0.2) is 17.3 Å². The Hall–Kier alpha value is -1.55. The number of benzene rings is 1.